The van der Waals surface area contributed by atoms with Crippen molar-refractivity contribution in [1.82, 2.24) is 10.6 Å². The molecule has 0 aliphatic heterocycles. The summed E-state index contributed by atoms with van der Waals surface area (Å²) in [6.07, 6.45) is 5.99. The molecule has 2 amide bonds. The van der Waals surface area contributed by atoms with E-state index in [0.717, 1.165) is 25.7 Å². The Kier molecular flexibility index (Phi) is 56.7. The molecule has 8 nitrogen and oxygen atoms in total. The first-order valence-electron chi connectivity index (χ1n) is 8.94. The number of nitrogens with two attached hydrogens (primary N) is 4. The fourth-order valence-corrected chi connectivity index (χ4v) is 2.13. The van der Waals surface area contributed by atoms with Gasteiger partial charge in [-0.3, -0.25) is 9.59 Å². The molecule has 10 N–H and O–H groups in total. The van der Waals surface area contributed by atoms with E-state index in [1.54, 1.807) is 0 Å². The Labute approximate surface area is 234 Å². The number of carbonyl (C=O) groups excluding carboxylic acids is 2. The molecule has 2 unspecified atom stereocenters. The van der Waals surface area contributed by atoms with Gasteiger partial charge in [-0.15, -0.1) is 0 Å². The molecule has 0 heterocycles. The topological polar surface area (TPSA) is 162 Å². The number of halogens is 4. The largest absolute Gasteiger partial charge is 2.00 e. The minimum absolute atomic E-state index is 0. The van der Waals surface area contributed by atoms with Gasteiger partial charge in [0.2, 0.25) is 11.8 Å². The normalized spacial score (nSPS) is 10.7. The van der Waals surface area contributed by atoms with Crippen LogP contribution in [0.4, 0.5) is 0 Å². The molecule has 0 aliphatic carbocycles. The number of nitrogens with one attached hydrogen (secondary N) is 2. The second-order valence-electron chi connectivity index (χ2n) is 6.18. The zero-order valence-corrected chi connectivity index (χ0v) is 24.5. The Bertz CT molecular complexity index is 336. The van der Waals surface area contributed by atoms with Crippen molar-refractivity contribution in [2.45, 2.75) is 63.5 Å². The average molecular weight is 876 g/mol. The first kappa shape index (κ1) is 48.7. The van der Waals surface area contributed by atoms with Gasteiger partial charge in [-0.05, 0) is 25.7 Å². The summed E-state index contributed by atoms with van der Waals surface area (Å²) in [5, 5.41) is 5.67. The Morgan fingerprint density at radius 3 is 1.20 bits per heavy atom. The molecule has 0 aromatic heterocycles. The van der Waals surface area contributed by atoms with Gasteiger partial charge in [-0.2, -0.15) is 0 Å². The molecule has 30 heavy (non-hydrogen) atoms. The first-order chi connectivity index (χ1) is 11.5. The quantitative estimate of drug-likeness (QED) is 0.0897. The predicted molar refractivity (Wildman–Crippen MR) is 97.0 cm³/mol. The molecule has 0 radical (unpaired) electrons. The number of carbonyl (C=O) groups is 2. The molecule has 0 saturated carbocycles. The van der Waals surface area contributed by atoms with Crippen molar-refractivity contribution in [3.05, 3.63) is 0 Å². The van der Waals surface area contributed by atoms with Crippen LogP contribution in [0.5, 0.6) is 0 Å². The number of hydrogen-bond donors (Lipinski definition) is 6. The van der Waals surface area contributed by atoms with E-state index in [1.165, 1.54) is 0 Å². The second kappa shape index (κ2) is 34.9. The molecule has 0 fully saturated rings. The Balaban J connectivity index is -0.000000176. The van der Waals surface area contributed by atoms with E-state index in [-0.39, 0.29) is 116 Å². The van der Waals surface area contributed by atoms with E-state index in [4.69, 9.17) is 22.9 Å². The summed E-state index contributed by atoms with van der Waals surface area (Å²) in [5.41, 5.74) is 22.2. The smallest absolute Gasteiger partial charge is 1.00 e. The zero-order valence-electron chi connectivity index (χ0n) is 16.9. The Morgan fingerprint density at radius 1 is 0.633 bits per heavy atom. The molecule has 0 rings (SSSR count). The van der Waals surface area contributed by atoms with Gasteiger partial charge in [0, 0.05) is 51.1 Å². The van der Waals surface area contributed by atoms with Crippen LogP contribution in [-0.2, 0) is 51.7 Å². The molecule has 190 valence electrons. The van der Waals surface area contributed by atoms with E-state index in [1.807, 2.05) is 0 Å². The van der Waals surface area contributed by atoms with E-state index in [0.29, 0.717) is 51.9 Å². The van der Waals surface area contributed by atoms with Crippen LogP contribution in [0.25, 0.3) is 0 Å². The van der Waals surface area contributed by atoms with Crippen LogP contribution in [0.2, 0.25) is 0 Å². The number of rotatable bonds is 15. The monoisotopic (exact) mass is 874 g/mol. The summed E-state index contributed by atoms with van der Waals surface area (Å²) in [6.45, 7) is 2.02. The standard InChI is InChI=1S/C16H36N6O2.4ClH.2Pt/c17-11-13(19)7-9-21-15(23)5-3-1-2-4-6-16(24)22-10-8-14(20)12-18;;;;;;/h13-14H,1-12,17-20H2,(H,21,23)(H,22,24);4*1H;;/q;;;;;2*+2/p-4. The summed E-state index contributed by atoms with van der Waals surface area (Å²) >= 11 is 0. The minimum Gasteiger partial charge on any atom is -1.00 e. The van der Waals surface area contributed by atoms with Crippen molar-refractivity contribution in [3.63, 3.8) is 0 Å². The van der Waals surface area contributed by atoms with Crippen molar-refractivity contribution in [1.29, 1.82) is 0 Å². The van der Waals surface area contributed by atoms with Gasteiger partial charge >= 0.3 is 42.1 Å². The van der Waals surface area contributed by atoms with Crippen LogP contribution in [0.3, 0.4) is 0 Å². The number of unbranched alkanes of at least 4 members (excludes halogenated alkanes) is 3. The fourth-order valence-electron chi connectivity index (χ4n) is 2.13. The summed E-state index contributed by atoms with van der Waals surface area (Å²) < 4.78 is 0. The number of amides is 2. The minimum atomic E-state index is -0.0532. The third-order valence-corrected chi connectivity index (χ3v) is 3.84. The molecule has 0 aromatic carbocycles. The molecular formula is C16H36Cl4N6O2Pt2. The summed E-state index contributed by atoms with van der Waals surface area (Å²) in [7, 11) is 0. The zero-order chi connectivity index (χ0) is 18.2. The summed E-state index contributed by atoms with van der Waals surface area (Å²) in [5.74, 6) is 0.0985. The molecule has 2 atom stereocenters. The molecule has 0 aliphatic rings. The van der Waals surface area contributed by atoms with E-state index in [2.05, 4.69) is 10.6 Å². The van der Waals surface area contributed by atoms with Crippen molar-refractivity contribution in [3.8, 4) is 0 Å². The van der Waals surface area contributed by atoms with Crippen LogP contribution in [0.15, 0.2) is 0 Å². The van der Waals surface area contributed by atoms with Gasteiger partial charge < -0.3 is 83.2 Å². The van der Waals surface area contributed by atoms with E-state index in [9.17, 15) is 9.59 Å². The molecular weight excluding hydrogens is 840 g/mol. The average Bonchev–Trinajstić information content (AvgIpc) is 2.57. The molecule has 14 heteroatoms. The van der Waals surface area contributed by atoms with Crippen molar-refractivity contribution in [2.75, 3.05) is 26.2 Å². The first-order valence-corrected chi connectivity index (χ1v) is 8.94. The van der Waals surface area contributed by atoms with Crippen molar-refractivity contribution < 1.29 is 101 Å². The third kappa shape index (κ3) is 33.9. The van der Waals surface area contributed by atoms with Crippen LogP contribution >= 0.6 is 0 Å². The van der Waals surface area contributed by atoms with Gasteiger partial charge in [-0.1, -0.05) is 12.8 Å². The number of hydrogen-bond acceptors (Lipinski definition) is 6. The summed E-state index contributed by atoms with van der Waals surface area (Å²) in [6, 6.07) is -0.106. The van der Waals surface area contributed by atoms with Crippen LogP contribution in [0, 0.1) is 0 Å². The Morgan fingerprint density at radius 2 is 0.933 bits per heavy atom. The van der Waals surface area contributed by atoms with Crippen molar-refractivity contribution in [2.24, 2.45) is 22.9 Å². The van der Waals surface area contributed by atoms with Gasteiger partial charge in [-0.25, -0.2) is 0 Å². The Hall–Kier alpha value is 1.32. The predicted octanol–water partition coefficient (Wildman–Crippen LogP) is -13.1. The SMILES string of the molecule is NCC(N)CCNC(=O)CCCCCCC(=O)NCCC(N)CN.[Cl-].[Cl-].[Cl-].[Cl-].[Pt+2].[Pt+2]. The van der Waals surface area contributed by atoms with Crippen LogP contribution < -0.4 is 83.2 Å². The second-order valence-corrected chi connectivity index (χ2v) is 6.18. The van der Waals surface area contributed by atoms with Crippen LogP contribution in [0.1, 0.15) is 51.4 Å². The molecule has 0 aromatic rings. The van der Waals surface area contributed by atoms with Crippen LogP contribution in [-0.4, -0.2) is 50.1 Å². The summed E-state index contributed by atoms with van der Waals surface area (Å²) in [4.78, 5) is 23.2. The van der Waals surface area contributed by atoms with Gasteiger partial charge in [0.05, 0.1) is 0 Å². The maximum atomic E-state index is 11.6. The molecule has 0 spiro atoms. The third-order valence-electron chi connectivity index (χ3n) is 3.84. The van der Waals surface area contributed by atoms with Gasteiger partial charge in [0.1, 0.15) is 0 Å². The molecule has 0 saturated heterocycles. The van der Waals surface area contributed by atoms with Gasteiger partial charge in [0.25, 0.3) is 0 Å². The van der Waals surface area contributed by atoms with Crippen molar-refractivity contribution >= 4 is 11.8 Å². The van der Waals surface area contributed by atoms with E-state index < -0.39 is 0 Å². The van der Waals surface area contributed by atoms with E-state index >= 15 is 0 Å². The van der Waals surface area contributed by atoms with Gasteiger partial charge in [0.15, 0.2) is 0 Å². The fraction of sp³-hybridized carbons (Fsp3) is 0.875. The molecule has 0 bridgehead atoms. The maximum Gasteiger partial charge on any atom is 2.00 e. The maximum absolute atomic E-state index is 11.6.